The summed E-state index contributed by atoms with van der Waals surface area (Å²) in [7, 11) is 0. The summed E-state index contributed by atoms with van der Waals surface area (Å²) in [6, 6.07) is 16.9. The van der Waals surface area contributed by atoms with Crippen LogP contribution in [0.25, 0.3) is 6.08 Å². The van der Waals surface area contributed by atoms with Crippen molar-refractivity contribution >= 4 is 34.9 Å². The molecule has 3 aromatic rings. The lowest BCUT2D eigenvalue weighted by Crippen LogP contribution is -2.31. The Morgan fingerprint density at radius 3 is 2.39 bits per heavy atom. The molecule has 28 heavy (non-hydrogen) atoms. The number of hydrogen-bond acceptors (Lipinski definition) is 3. The molecule has 0 fully saturated rings. The first-order valence-corrected chi connectivity index (χ1v) is 9.83. The molecule has 0 aliphatic heterocycles. The number of carbonyl (C=O) groups is 2. The maximum atomic E-state index is 12.9. The van der Waals surface area contributed by atoms with Crippen molar-refractivity contribution in [1.29, 1.82) is 0 Å². The van der Waals surface area contributed by atoms with Crippen molar-refractivity contribution in [3.63, 3.8) is 0 Å². The fourth-order valence-corrected chi connectivity index (χ4v) is 3.49. The Morgan fingerprint density at radius 1 is 0.929 bits per heavy atom. The van der Waals surface area contributed by atoms with Crippen LogP contribution in [-0.4, -0.2) is 11.8 Å². The second-order valence-electron chi connectivity index (χ2n) is 6.61. The highest BCUT2D eigenvalue weighted by molar-refractivity contribution is 7.10. The topological polar surface area (TPSA) is 58.2 Å². The maximum absolute atomic E-state index is 12.9. The van der Waals surface area contributed by atoms with Crippen LogP contribution in [0.4, 0.5) is 5.69 Å². The number of benzene rings is 2. The molecule has 0 atom stereocenters. The van der Waals surface area contributed by atoms with Gasteiger partial charge in [-0.25, -0.2) is 0 Å². The molecule has 1 aromatic heterocycles. The lowest BCUT2D eigenvalue weighted by atomic mass is 10.1. The number of rotatable bonds is 5. The van der Waals surface area contributed by atoms with E-state index in [1.165, 1.54) is 11.3 Å². The van der Waals surface area contributed by atoms with Crippen molar-refractivity contribution in [2.45, 2.75) is 20.8 Å². The predicted octanol–water partition coefficient (Wildman–Crippen LogP) is 5.08. The summed E-state index contributed by atoms with van der Waals surface area (Å²) in [6.07, 6.45) is 1.69. The maximum Gasteiger partial charge on any atom is 0.272 e. The van der Waals surface area contributed by atoms with Gasteiger partial charge in [-0.1, -0.05) is 42.0 Å². The SMILES string of the molecule is Cc1ccc(NC(=O)/C(=C/c2cccs2)NC(=O)c2ccccc2C)c(C)c1. The highest BCUT2D eigenvalue weighted by Gasteiger charge is 2.17. The number of anilines is 1. The molecule has 2 aromatic carbocycles. The van der Waals surface area contributed by atoms with Crippen LogP contribution >= 0.6 is 11.3 Å². The Labute approximate surface area is 168 Å². The normalized spacial score (nSPS) is 11.2. The lowest BCUT2D eigenvalue weighted by Gasteiger charge is -2.13. The summed E-state index contributed by atoms with van der Waals surface area (Å²) in [6.45, 7) is 5.81. The van der Waals surface area contributed by atoms with Gasteiger partial charge in [-0.15, -0.1) is 11.3 Å². The van der Waals surface area contributed by atoms with E-state index in [1.807, 2.05) is 68.6 Å². The van der Waals surface area contributed by atoms with Gasteiger partial charge in [0.15, 0.2) is 0 Å². The van der Waals surface area contributed by atoms with Crippen LogP contribution in [0.15, 0.2) is 65.7 Å². The lowest BCUT2D eigenvalue weighted by molar-refractivity contribution is -0.113. The number of aryl methyl sites for hydroxylation is 3. The van der Waals surface area contributed by atoms with E-state index in [0.29, 0.717) is 5.56 Å². The zero-order chi connectivity index (χ0) is 20.1. The first-order chi connectivity index (χ1) is 13.4. The quantitative estimate of drug-likeness (QED) is 0.597. The fraction of sp³-hybridized carbons (Fsp3) is 0.130. The Bertz CT molecular complexity index is 1040. The van der Waals surface area contributed by atoms with Gasteiger partial charge in [-0.3, -0.25) is 9.59 Å². The first kappa shape index (κ1) is 19.6. The number of nitrogens with one attached hydrogen (secondary N) is 2. The van der Waals surface area contributed by atoms with E-state index in [0.717, 1.165) is 27.3 Å². The molecule has 4 nitrogen and oxygen atoms in total. The second kappa shape index (κ2) is 8.67. The highest BCUT2D eigenvalue weighted by atomic mass is 32.1. The van der Waals surface area contributed by atoms with Crippen LogP contribution < -0.4 is 10.6 Å². The summed E-state index contributed by atoms with van der Waals surface area (Å²) in [5.74, 6) is -0.668. The van der Waals surface area contributed by atoms with Crippen molar-refractivity contribution in [2.24, 2.45) is 0 Å². The van der Waals surface area contributed by atoms with Gasteiger partial charge in [0.1, 0.15) is 5.70 Å². The monoisotopic (exact) mass is 390 g/mol. The minimum Gasteiger partial charge on any atom is -0.320 e. The van der Waals surface area contributed by atoms with E-state index in [-0.39, 0.29) is 17.5 Å². The smallest absolute Gasteiger partial charge is 0.272 e. The molecule has 2 N–H and O–H groups in total. The average molecular weight is 391 g/mol. The average Bonchev–Trinajstić information content (AvgIpc) is 3.17. The van der Waals surface area contributed by atoms with Crippen molar-refractivity contribution in [1.82, 2.24) is 5.32 Å². The molecule has 2 amide bonds. The third kappa shape index (κ3) is 4.75. The minimum atomic E-state index is -0.359. The summed E-state index contributed by atoms with van der Waals surface area (Å²) in [5, 5.41) is 7.61. The third-order valence-corrected chi connectivity index (χ3v) is 5.16. The van der Waals surface area contributed by atoms with Crippen LogP contribution in [0, 0.1) is 20.8 Å². The van der Waals surface area contributed by atoms with Gasteiger partial charge in [-0.05, 0) is 61.6 Å². The molecule has 0 radical (unpaired) electrons. The van der Waals surface area contributed by atoms with E-state index in [1.54, 1.807) is 18.2 Å². The fourth-order valence-electron chi connectivity index (χ4n) is 2.83. The van der Waals surface area contributed by atoms with Crippen molar-refractivity contribution in [3.8, 4) is 0 Å². The molecule has 3 rings (SSSR count). The largest absolute Gasteiger partial charge is 0.320 e. The van der Waals surface area contributed by atoms with Gasteiger partial charge >= 0.3 is 0 Å². The van der Waals surface area contributed by atoms with E-state index < -0.39 is 0 Å². The standard InChI is InChI=1S/C23H22N2O2S/c1-15-10-11-20(17(3)13-15)24-23(27)21(14-18-8-6-12-28-18)25-22(26)19-9-5-4-7-16(19)2/h4-14H,1-3H3,(H,24,27)(H,25,26)/b21-14-. The van der Waals surface area contributed by atoms with Crippen LogP contribution in [0.2, 0.25) is 0 Å². The Morgan fingerprint density at radius 2 is 1.71 bits per heavy atom. The second-order valence-corrected chi connectivity index (χ2v) is 7.59. The minimum absolute atomic E-state index is 0.204. The van der Waals surface area contributed by atoms with Gasteiger partial charge < -0.3 is 10.6 Å². The number of hydrogen-bond donors (Lipinski definition) is 2. The summed E-state index contributed by atoms with van der Waals surface area (Å²) in [4.78, 5) is 26.6. The number of amides is 2. The molecule has 142 valence electrons. The van der Waals surface area contributed by atoms with E-state index in [9.17, 15) is 9.59 Å². The van der Waals surface area contributed by atoms with Crippen LogP contribution in [0.3, 0.4) is 0 Å². The Kier molecular flexibility index (Phi) is 6.06. The molecule has 5 heteroatoms. The van der Waals surface area contributed by atoms with Crippen LogP contribution in [0.1, 0.15) is 31.9 Å². The number of carbonyl (C=O) groups excluding carboxylic acids is 2. The zero-order valence-corrected chi connectivity index (χ0v) is 16.9. The molecule has 0 saturated heterocycles. The van der Waals surface area contributed by atoms with Gasteiger partial charge in [0.25, 0.3) is 11.8 Å². The van der Waals surface area contributed by atoms with Crippen molar-refractivity contribution in [2.75, 3.05) is 5.32 Å². The predicted molar refractivity (Wildman–Crippen MR) is 115 cm³/mol. The van der Waals surface area contributed by atoms with Gasteiger partial charge in [-0.2, -0.15) is 0 Å². The molecule has 0 unspecified atom stereocenters. The molecule has 0 spiro atoms. The summed E-state index contributed by atoms with van der Waals surface area (Å²) >= 11 is 1.50. The molecular weight excluding hydrogens is 368 g/mol. The van der Waals surface area contributed by atoms with Gasteiger partial charge in [0.2, 0.25) is 0 Å². The van der Waals surface area contributed by atoms with Crippen LogP contribution in [0.5, 0.6) is 0 Å². The summed E-state index contributed by atoms with van der Waals surface area (Å²) < 4.78 is 0. The molecule has 0 saturated carbocycles. The van der Waals surface area contributed by atoms with E-state index in [4.69, 9.17) is 0 Å². The highest BCUT2D eigenvalue weighted by Crippen LogP contribution is 2.19. The van der Waals surface area contributed by atoms with Crippen molar-refractivity contribution < 1.29 is 9.59 Å². The van der Waals surface area contributed by atoms with Gasteiger partial charge in [0.05, 0.1) is 0 Å². The zero-order valence-electron chi connectivity index (χ0n) is 16.1. The van der Waals surface area contributed by atoms with Crippen LogP contribution in [-0.2, 0) is 4.79 Å². The third-order valence-electron chi connectivity index (χ3n) is 4.34. The van der Waals surface area contributed by atoms with Gasteiger partial charge in [0, 0.05) is 16.1 Å². The first-order valence-electron chi connectivity index (χ1n) is 8.95. The molecule has 0 bridgehead atoms. The van der Waals surface area contributed by atoms with E-state index >= 15 is 0 Å². The Balaban J connectivity index is 1.88. The Hall–Kier alpha value is -3.18. The molecule has 0 aliphatic carbocycles. The molecule has 1 heterocycles. The molecule has 0 aliphatic rings. The molecular formula is C23H22N2O2S. The van der Waals surface area contributed by atoms with E-state index in [2.05, 4.69) is 10.6 Å². The van der Waals surface area contributed by atoms with Crippen molar-refractivity contribution in [3.05, 3.63) is 92.8 Å². The number of thiophene rings is 1. The summed E-state index contributed by atoms with van der Waals surface area (Å²) in [5.41, 5.74) is 4.41.